The van der Waals surface area contributed by atoms with Crippen LogP contribution in [0.2, 0.25) is 0 Å². The molecular formula is C21H20N4O2S. The molecule has 3 aromatic heterocycles. The first-order valence-corrected chi connectivity index (χ1v) is 9.79. The SMILES string of the molecule is CC(=O)c1c(C)[nH]c(C(=O)Nc2nc(-c3c(C)[nH]c4ccccc34)cs2)c1C. The molecule has 1 amide bonds. The van der Waals surface area contributed by atoms with Gasteiger partial charge in [0, 0.05) is 38.8 Å². The highest BCUT2D eigenvalue weighted by Crippen LogP contribution is 2.34. The molecule has 0 radical (unpaired) electrons. The molecule has 0 unspecified atom stereocenters. The number of aromatic nitrogens is 3. The van der Waals surface area contributed by atoms with Crippen LogP contribution >= 0.6 is 11.3 Å². The average Bonchev–Trinajstić information content (AvgIpc) is 3.29. The van der Waals surface area contributed by atoms with Crippen molar-refractivity contribution in [3.63, 3.8) is 0 Å². The first-order chi connectivity index (χ1) is 13.4. The van der Waals surface area contributed by atoms with Crippen molar-refractivity contribution in [3.8, 4) is 11.3 Å². The molecular weight excluding hydrogens is 372 g/mol. The molecule has 3 heterocycles. The van der Waals surface area contributed by atoms with Crippen LogP contribution in [-0.2, 0) is 0 Å². The van der Waals surface area contributed by atoms with Gasteiger partial charge in [0.15, 0.2) is 10.9 Å². The Morgan fingerprint density at radius 2 is 1.82 bits per heavy atom. The molecule has 4 aromatic rings. The van der Waals surface area contributed by atoms with Gasteiger partial charge < -0.3 is 9.97 Å². The number of aryl methyl sites for hydroxylation is 2. The predicted octanol–water partition coefficient (Wildman–Crippen LogP) is 5.00. The zero-order valence-electron chi connectivity index (χ0n) is 16.1. The maximum absolute atomic E-state index is 12.7. The molecule has 142 valence electrons. The van der Waals surface area contributed by atoms with Crippen LogP contribution < -0.4 is 5.32 Å². The zero-order valence-corrected chi connectivity index (χ0v) is 16.9. The van der Waals surface area contributed by atoms with E-state index in [9.17, 15) is 9.59 Å². The third-order valence-electron chi connectivity index (χ3n) is 4.89. The van der Waals surface area contributed by atoms with Crippen molar-refractivity contribution in [2.75, 3.05) is 5.32 Å². The number of hydrogen-bond donors (Lipinski definition) is 3. The number of hydrogen-bond acceptors (Lipinski definition) is 4. The highest BCUT2D eigenvalue weighted by Gasteiger charge is 2.21. The number of nitrogens with one attached hydrogen (secondary N) is 3. The summed E-state index contributed by atoms with van der Waals surface area (Å²) in [5.74, 6) is -0.360. The maximum atomic E-state index is 12.7. The lowest BCUT2D eigenvalue weighted by Gasteiger charge is -2.01. The lowest BCUT2D eigenvalue weighted by molar-refractivity contribution is 0.101. The Morgan fingerprint density at radius 1 is 1.07 bits per heavy atom. The number of carbonyl (C=O) groups is 2. The summed E-state index contributed by atoms with van der Waals surface area (Å²) < 4.78 is 0. The molecule has 0 spiro atoms. The minimum absolute atomic E-state index is 0.0587. The Morgan fingerprint density at radius 3 is 2.54 bits per heavy atom. The van der Waals surface area contributed by atoms with Crippen molar-refractivity contribution in [2.24, 2.45) is 0 Å². The third-order valence-corrected chi connectivity index (χ3v) is 5.65. The number of nitrogens with zero attached hydrogens (tertiary/aromatic N) is 1. The topological polar surface area (TPSA) is 90.6 Å². The number of H-pyrrole nitrogens is 2. The van der Waals surface area contributed by atoms with Crippen LogP contribution in [0.3, 0.4) is 0 Å². The van der Waals surface area contributed by atoms with Crippen molar-refractivity contribution in [1.29, 1.82) is 0 Å². The van der Waals surface area contributed by atoms with Crippen LogP contribution in [0.5, 0.6) is 0 Å². The number of rotatable bonds is 4. The Hall–Kier alpha value is -3.19. The largest absolute Gasteiger partial charge is 0.358 e. The molecule has 3 N–H and O–H groups in total. The van der Waals surface area contributed by atoms with Gasteiger partial charge in [-0.2, -0.15) is 0 Å². The zero-order chi connectivity index (χ0) is 20.0. The van der Waals surface area contributed by atoms with Crippen LogP contribution in [0, 0.1) is 20.8 Å². The lowest BCUT2D eigenvalue weighted by atomic mass is 10.1. The van der Waals surface area contributed by atoms with Gasteiger partial charge in [-0.3, -0.25) is 14.9 Å². The van der Waals surface area contributed by atoms with Gasteiger partial charge in [0.1, 0.15) is 5.69 Å². The second kappa shape index (κ2) is 6.76. The Kier molecular flexibility index (Phi) is 4.39. The van der Waals surface area contributed by atoms with E-state index in [0.717, 1.165) is 27.9 Å². The first-order valence-electron chi connectivity index (χ1n) is 8.91. The number of Topliss-reactive ketones (excluding diaryl/α,β-unsaturated/α-hetero) is 1. The molecule has 0 aliphatic heterocycles. The standard InChI is InChI=1S/C21H20N4O2S/c1-10-17(13(4)26)11(2)23-19(10)20(27)25-21-24-16(9-28-21)18-12(3)22-15-8-6-5-7-14(15)18/h5-9,22-23H,1-4H3,(H,24,25,27). The molecule has 0 aliphatic rings. The van der Waals surface area contributed by atoms with Crippen molar-refractivity contribution in [3.05, 3.63) is 57.9 Å². The van der Waals surface area contributed by atoms with E-state index in [0.29, 0.717) is 27.6 Å². The number of fused-ring (bicyclic) bond motifs is 1. The molecule has 0 saturated heterocycles. The van der Waals surface area contributed by atoms with E-state index in [2.05, 4.69) is 26.3 Å². The van der Waals surface area contributed by atoms with Crippen molar-refractivity contribution in [2.45, 2.75) is 27.7 Å². The summed E-state index contributed by atoms with van der Waals surface area (Å²) in [5.41, 5.74) is 6.27. The fourth-order valence-corrected chi connectivity index (χ4v) is 4.41. The van der Waals surface area contributed by atoms with Gasteiger partial charge >= 0.3 is 0 Å². The Balaban J connectivity index is 1.64. The number of thiazole rings is 1. The van der Waals surface area contributed by atoms with E-state index in [1.54, 1.807) is 13.8 Å². The Labute approximate surface area is 166 Å². The maximum Gasteiger partial charge on any atom is 0.274 e. The molecule has 0 aliphatic carbocycles. The molecule has 1 aromatic carbocycles. The highest BCUT2D eigenvalue weighted by atomic mass is 32.1. The van der Waals surface area contributed by atoms with Gasteiger partial charge in [-0.15, -0.1) is 11.3 Å². The minimum atomic E-state index is -0.301. The van der Waals surface area contributed by atoms with E-state index in [1.165, 1.54) is 18.3 Å². The fraction of sp³-hybridized carbons (Fsp3) is 0.190. The number of amides is 1. The Bertz CT molecular complexity index is 1230. The lowest BCUT2D eigenvalue weighted by Crippen LogP contribution is -2.13. The molecule has 0 saturated carbocycles. The van der Waals surface area contributed by atoms with Crippen LogP contribution in [0.15, 0.2) is 29.6 Å². The van der Waals surface area contributed by atoms with Gasteiger partial charge in [0.25, 0.3) is 5.91 Å². The van der Waals surface area contributed by atoms with Crippen molar-refractivity contribution < 1.29 is 9.59 Å². The summed E-state index contributed by atoms with van der Waals surface area (Å²) in [5, 5.41) is 6.40. The second-order valence-electron chi connectivity index (χ2n) is 6.84. The van der Waals surface area contributed by atoms with Gasteiger partial charge in [-0.25, -0.2) is 4.98 Å². The first kappa shape index (κ1) is 18.2. The quantitative estimate of drug-likeness (QED) is 0.427. The highest BCUT2D eigenvalue weighted by molar-refractivity contribution is 7.14. The average molecular weight is 392 g/mol. The number of aromatic amines is 2. The summed E-state index contributed by atoms with van der Waals surface area (Å²) in [6, 6.07) is 8.08. The van der Waals surface area contributed by atoms with E-state index in [-0.39, 0.29) is 11.7 Å². The van der Waals surface area contributed by atoms with Crippen LogP contribution in [-0.4, -0.2) is 26.6 Å². The van der Waals surface area contributed by atoms with Gasteiger partial charge in [0.05, 0.1) is 5.69 Å². The van der Waals surface area contributed by atoms with Gasteiger partial charge in [-0.05, 0) is 39.3 Å². The normalized spacial score (nSPS) is 11.1. The second-order valence-corrected chi connectivity index (χ2v) is 7.70. The monoisotopic (exact) mass is 392 g/mol. The van der Waals surface area contributed by atoms with Crippen LogP contribution in [0.1, 0.15) is 44.7 Å². The smallest absolute Gasteiger partial charge is 0.274 e. The van der Waals surface area contributed by atoms with Crippen molar-refractivity contribution in [1.82, 2.24) is 15.0 Å². The van der Waals surface area contributed by atoms with Crippen LogP contribution in [0.4, 0.5) is 5.13 Å². The van der Waals surface area contributed by atoms with Gasteiger partial charge in [-0.1, -0.05) is 18.2 Å². The van der Waals surface area contributed by atoms with Crippen LogP contribution in [0.25, 0.3) is 22.2 Å². The summed E-state index contributed by atoms with van der Waals surface area (Å²) in [4.78, 5) is 35.5. The molecule has 7 heteroatoms. The van der Waals surface area contributed by atoms with Crippen molar-refractivity contribution >= 4 is 39.1 Å². The number of para-hydroxylation sites is 1. The summed E-state index contributed by atoms with van der Waals surface area (Å²) >= 11 is 1.37. The summed E-state index contributed by atoms with van der Waals surface area (Å²) in [6.45, 7) is 7.09. The number of anilines is 1. The summed E-state index contributed by atoms with van der Waals surface area (Å²) in [6.07, 6.45) is 0. The summed E-state index contributed by atoms with van der Waals surface area (Å²) in [7, 11) is 0. The molecule has 4 rings (SSSR count). The fourth-order valence-electron chi connectivity index (χ4n) is 3.72. The predicted molar refractivity (Wildman–Crippen MR) is 112 cm³/mol. The van der Waals surface area contributed by atoms with E-state index in [4.69, 9.17) is 0 Å². The number of ketones is 1. The van der Waals surface area contributed by atoms with E-state index >= 15 is 0 Å². The van der Waals surface area contributed by atoms with Gasteiger partial charge in [0.2, 0.25) is 0 Å². The molecule has 6 nitrogen and oxygen atoms in total. The minimum Gasteiger partial charge on any atom is -0.358 e. The van der Waals surface area contributed by atoms with E-state index in [1.807, 2.05) is 30.5 Å². The molecule has 28 heavy (non-hydrogen) atoms. The molecule has 0 atom stereocenters. The van der Waals surface area contributed by atoms with E-state index < -0.39 is 0 Å². The number of benzene rings is 1. The molecule has 0 bridgehead atoms. The number of carbonyl (C=O) groups excluding carboxylic acids is 2. The third kappa shape index (κ3) is 2.93. The molecule has 0 fully saturated rings.